The van der Waals surface area contributed by atoms with Gasteiger partial charge in [-0.25, -0.2) is 0 Å². The molecule has 1 N–H and O–H groups in total. The van der Waals surface area contributed by atoms with Crippen molar-refractivity contribution >= 4 is 0 Å². The van der Waals surface area contributed by atoms with E-state index < -0.39 is 11.7 Å². The SMILES string of the molecule is C[C@]1(O)C[C@@H](c2ccccc2)O[C@H](COCc2ccccc2)[C@H]1OCc1ccccc1. The second kappa shape index (κ2) is 10.2. The van der Waals surface area contributed by atoms with Crippen LogP contribution in [0.1, 0.15) is 36.1 Å². The van der Waals surface area contributed by atoms with Gasteiger partial charge in [0.2, 0.25) is 0 Å². The summed E-state index contributed by atoms with van der Waals surface area (Å²) in [6.07, 6.45) is -0.631. The zero-order valence-electron chi connectivity index (χ0n) is 17.9. The first-order chi connectivity index (χ1) is 15.1. The van der Waals surface area contributed by atoms with Crippen molar-refractivity contribution in [3.05, 3.63) is 108 Å². The predicted molar refractivity (Wildman–Crippen MR) is 120 cm³/mol. The van der Waals surface area contributed by atoms with Crippen LogP contribution in [0.3, 0.4) is 0 Å². The lowest BCUT2D eigenvalue weighted by Crippen LogP contribution is -2.56. The van der Waals surface area contributed by atoms with Crippen molar-refractivity contribution in [3.8, 4) is 0 Å². The van der Waals surface area contributed by atoms with Crippen LogP contribution in [-0.4, -0.2) is 29.5 Å². The van der Waals surface area contributed by atoms with Crippen molar-refractivity contribution in [2.45, 2.75) is 50.5 Å². The molecule has 4 rings (SSSR count). The molecule has 4 atom stereocenters. The fourth-order valence-electron chi connectivity index (χ4n) is 4.13. The van der Waals surface area contributed by atoms with Crippen LogP contribution in [0.25, 0.3) is 0 Å². The van der Waals surface area contributed by atoms with Gasteiger partial charge >= 0.3 is 0 Å². The summed E-state index contributed by atoms with van der Waals surface area (Å²) in [4.78, 5) is 0. The number of rotatable bonds is 8. The van der Waals surface area contributed by atoms with Gasteiger partial charge in [-0.3, -0.25) is 0 Å². The van der Waals surface area contributed by atoms with Crippen LogP contribution in [-0.2, 0) is 27.4 Å². The molecule has 3 aromatic rings. The Bertz CT molecular complexity index is 912. The molecule has 0 bridgehead atoms. The summed E-state index contributed by atoms with van der Waals surface area (Å²) in [5.41, 5.74) is 2.17. The van der Waals surface area contributed by atoms with Crippen molar-refractivity contribution in [2.75, 3.05) is 6.61 Å². The van der Waals surface area contributed by atoms with Crippen molar-refractivity contribution in [3.63, 3.8) is 0 Å². The summed E-state index contributed by atoms with van der Waals surface area (Å²) in [6.45, 7) is 3.08. The normalized spacial score (nSPS) is 25.9. The topological polar surface area (TPSA) is 47.9 Å². The Morgan fingerprint density at radius 1 is 0.839 bits per heavy atom. The second-order valence-electron chi connectivity index (χ2n) is 8.35. The van der Waals surface area contributed by atoms with E-state index in [1.165, 1.54) is 0 Å². The van der Waals surface area contributed by atoms with E-state index in [-0.39, 0.29) is 12.2 Å². The fraction of sp³-hybridized carbons (Fsp3) is 0.333. The first-order valence-corrected chi connectivity index (χ1v) is 10.8. The maximum atomic E-state index is 11.4. The lowest BCUT2D eigenvalue weighted by atomic mass is 9.83. The molecule has 31 heavy (non-hydrogen) atoms. The largest absolute Gasteiger partial charge is 0.387 e. The Hall–Kier alpha value is -2.50. The van der Waals surface area contributed by atoms with Gasteiger partial charge in [-0.1, -0.05) is 91.0 Å². The Labute approximate surface area is 184 Å². The molecule has 3 aromatic carbocycles. The highest BCUT2D eigenvalue weighted by atomic mass is 16.6. The van der Waals surface area contributed by atoms with Crippen LogP contribution in [0.4, 0.5) is 0 Å². The zero-order chi connectivity index (χ0) is 21.5. The fourth-order valence-corrected chi connectivity index (χ4v) is 4.13. The Morgan fingerprint density at radius 2 is 1.39 bits per heavy atom. The van der Waals surface area contributed by atoms with E-state index in [4.69, 9.17) is 14.2 Å². The highest BCUT2D eigenvalue weighted by molar-refractivity contribution is 5.20. The second-order valence-corrected chi connectivity index (χ2v) is 8.35. The molecule has 1 fully saturated rings. The minimum atomic E-state index is -1.05. The maximum Gasteiger partial charge on any atom is 0.115 e. The van der Waals surface area contributed by atoms with Crippen molar-refractivity contribution in [1.29, 1.82) is 0 Å². The summed E-state index contributed by atoms with van der Waals surface area (Å²) in [7, 11) is 0. The molecule has 1 aliphatic heterocycles. The molecule has 0 aliphatic carbocycles. The molecule has 0 radical (unpaired) electrons. The lowest BCUT2D eigenvalue weighted by molar-refractivity contribution is -0.242. The van der Waals surface area contributed by atoms with Gasteiger partial charge in [0.05, 0.1) is 31.5 Å². The number of ether oxygens (including phenoxy) is 3. The van der Waals surface area contributed by atoms with Crippen LogP contribution < -0.4 is 0 Å². The Balaban J connectivity index is 1.48. The average molecular weight is 419 g/mol. The molecule has 1 aliphatic rings. The molecule has 0 amide bonds. The van der Waals surface area contributed by atoms with Crippen LogP contribution in [0.2, 0.25) is 0 Å². The molecule has 0 spiro atoms. The Morgan fingerprint density at radius 3 is 2.00 bits per heavy atom. The van der Waals surface area contributed by atoms with E-state index in [0.29, 0.717) is 26.2 Å². The number of hydrogen-bond donors (Lipinski definition) is 1. The van der Waals surface area contributed by atoms with Crippen LogP contribution in [0.15, 0.2) is 91.0 Å². The van der Waals surface area contributed by atoms with E-state index in [9.17, 15) is 5.11 Å². The Kier molecular flexibility index (Phi) is 7.15. The molecular weight excluding hydrogens is 388 g/mol. The van der Waals surface area contributed by atoms with Crippen molar-refractivity contribution in [2.24, 2.45) is 0 Å². The minimum Gasteiger partial charge on any atom is -0.387 e. The van der Waals surface area contributed by atoms with E-state index in [2.05, 4.69) is 0 Å². The molecule has 0 saturated carbocycles. The van der Waals surface area contributed by atoms with Crippen LogP contribution in [0.5, 0.6) is 0 Å². The predicted octanol–water partition coefficient (Wildman–Crippen LogP) is 5.07. The van der Waals surface area contributed by atoms with Gasteiger partial charge in [-0.05, 0) is 23.6 Å². The van der Waals surface area contributed by atoms with Gasteiger partial charge in [-0.15, -0.1) is 0 Å². The van der Waals surface area contributed by atoms with E-state index in [0.717, 1.165) is 16.7 Å². The average Bonchev–Trinajstić information content (AvgIpc) is 2.80. The van der Waals surface area contributed by atoms with Crippen LogP contribution >= 0.6 is 0 Å². The number of hydrogen-bond acceptors (Lipinski definition) is 4. The zero-order valence-corrected chi connectivity index (χ0v) is 17.9. The van der Waals surface area contributed by atoms with E-state index in [1.807, 2.05) is 97.9 Å². The quantitative estimate of drug-likeness (QED) is 0.555. The van der Waals surface area contributed by atoms with Gasteiger partial charge in [0.1, 0.15) is 12.2 Å². The molecule has 4 heteroatoms. The van der Waals surface area contributed by atoms with E-state index >= 15 is 0 Å². The third kappa shape index (κ3) is 5.81. The summed E-state index contributed by atoms with van der Waals surface area (Å²) in [5, 5.41) is 11.4. The summed E-state index contributed by atoms with van der Waals surface area (Å²) in [6, 6.07) is 30.1. The van der Waals surface area contributed by atoms with Gasteiger partial charge in [0.15, 0.2) is 0 Å². The molecule has 0 unspecified atom stereocenters. The molecular formula is C27H30O4. The maximum absolute atomic E-state index is 11.4. The first kappa shape index (κ1) is 21.7. The lowest BCUT2D eigenvalue weighted by Gasteiger charge is -2.45. The third-order valence-corrected chi connectivity index (χ3v) is 5.73. The number of aliphatic hydroxyl groups is 1. The van der Waals surface area contributed by atoms with E-state index in [1.54, 1.807) is 0 Å². The minimum absolute atomic E-state index is 0.210. The highest BCUT2D eigenvalue weighted by Crippen LogP contribution is 2.39. The highest BCUT2D eigenvalue weighted by Gasteiger charge is 2.47. The molecule has 1 heterocycles. The number of benzene rings is 3. The summed E-state index contributed by atoms with van der Waals surface area (Å²) >= 11 is 0. The summed E-state index contributed by atoms with van der Waals surface area (Å²) in [5.74, 6) is 0. The van der Waals surface area contributed by atoms with Gasteiger partial charge < -0.3 is 19.3 Å². The molecule has 1 saturated heterocycles. The van der Waals surface area contributed by atoms with Gasteiger partial charge in [0.25, 0.3) is 0 Å². The first-order valence-electron chi connectivity index (χ1n) is 10.8. The standard InChI is InChI=1S/C27H30O4/c1-27(28)17-24(23-15-9-4-10-16-23)31-25(20-29-18-21-11-5-2-6-12-21)26(27)30-19-22-13-7-3-8-14-22/h2-16,24-26,28H,17-20H2,1H3/t24-,25+,26+,27-/m0/s1. The van der Waals surface area contributed by atoms with Crippen molar-refractivity contribution in [1.82, 2.24) is 0 Å². The molecule has 162 valence electrons. The molecule has 0 aromatic heterocycles. The van der Waals surface area contributed by atoms with Gasteiger partial charge in [-0.2, -0.15) is 0 Å². The summed E-state index contributed by atoms with van der Waals surface area (Å²) < 4.78 is 18.7. The third-order valence-electron chi connectivity index (χ3n) is 5.73. The smallest absolute Gasteiger partial charge is 0.115 e. The van der Waals surface area contributed by atoms with Crippen LogP contribution in [0, 0.1) is 0 Å². The van der Waals surface area contributed by atoms with Crippen molar-refractivity contribution < 1.29 is 19.3 Å². The van der Waals surface area contributed by atoms with Gasteiger partial charge in [0, 0.05) is 6.42 Å². The monoisotopic (exact) mass is 418 g/mol. The molecule has 4 nitrogen and oxygen atoms in total.